The van der Waals surface area contributed by atoms with E-state index in [-0.39, 0.29) is 19.1 Å². The highest BCUT2D eigenvalue weighted by atomic mass is 79.9. The minimum atomic E-state index is -1.26. The second kappa shape index (κ2) is 10.8. The molecule has 0 bridgehead atoms. The lowest BCUT2D eigenvalue weighted by Gasteiger charge is -2.19. The predicted molar refractivity (Wildman–Crippen MR) is 131 cm³/mol. The summed E-state index contributed by atoms with van der Waals surface area (Å²) in [6.07, 6.45) is 1.75. The predicted octanol–water partition coefficient (Wildman–Crippen LogP) is 3.52. The molecule has 34 heavy (non-hydrogen) atoms. The van der Waals surface area contributed by atoms with E-state index in [9.17, 15) is 14.2 Å². The first-order chi connectivity index (χ1) is 16.4. The average Bonchev–Trinajstić information content (AvgIpc) is 3.32. The number of carbonyl (C=O) groups is 1. The second-order valence-electron chi connectivity index (χ2n) is 7.68. The summed E-state index contributed by atoms with van der Waals surface area (Å²) in [5.41, 5.74) is 2.66. The number of nitrogens with zero attached hydrogens (tertiary/aromatic N) is 2. The number of fused-ring (bicyclic) bond motifs is 1. The van der Waals surface area contributed by atoms with E-state index in [1.807, 2.05) is 18.2 Å². The van der Waals surface area contributed by atoms with E-state index in [2.05, 4.69) is 26.1 Å². The Morgan fingerprint density at radius 2 is 2.00 bits per heavy atom. The Bertz CT molecular complexity index is 1300. The number of hydrogen-bond donors (Lipinski definition) is 2. The van der Waals surface area contributed by atoms with E-state index < -0.39 is 12.9 Å². The molecule has 0 fully saturated rings. The molecule has 4 aromatic rings. The summed E-state index contributed by atoms with van der Waals surface area (Å²) in [7, 11) is 0.477. The molecule has 10 heteroatoms. The number of rotatable bonds is 9. The fraction of sp³-hybridized carbons (Fsp3) is 0.167. The van der Waals surface area contributed by atoms with Crippen molar-refractivity contribution >= 4 is 45.3 Å². The zero-order chi connectivity index (χ0) is 24.1. The van der Waals surface area contributed by atoms with Gasteiger partial charge in [0.25, 0.3) is 5.91 Å². The van der Waals surface area contributed by atoms with Crippen LogP contribution in [0.4, 0.5) is 4.39 Å². The number of para-hydroxylation sites is 1. The van der Waals surface area contributed by atoms with Crippen LogP contribution in [0.5, 0.6) is 5.75 Å². The van der Waals surface area contributed by atoms with Gasteiger partial charge in [-0.25, -0.2) is 4.39 Å². The van der Waals surface area contributed by atoms with Crippen LogP contribution in [0.1, 0.15) is 15.9 Å². The Balaban J connectivity index is 1.35. The van der Waals surface area contributed by atoms with Crippen molar-refractivity contribution < 1.29 is 23.6 Å². The lowest BCUT2D eigenvalue weighted by Crippen LogP contribution is -2.35. The molecule has 2 N–H and O–H groups in total. The maximum absolute atomic E-state index is 13.3. The first kappa shape index (κ1) is 23.9. The van der Waals surface area contributed by atoms with E-state index in [1.165, 1.54) is 18.2 Å². The maximum Gasteiger partial charge on any atom is 0.491 e. The highest BCUT2D eigenvalue weighted by Crippen LogP contribution is 2.27. The zero-order valence-electron chi connectivity index (χ0n) is 18.4. The normalized spacial score (nSPS) is 10.9. The largest absolute Gasteiger partial charge is 0.491 e. The Kier molecular flexibility index (Phi) is 7.61. The molecular formula is C24H22BBrFN3O4. The second-order valence-corrected chi connectivity index (χ2v) is 8.54. The molecule has 0 atom stereocenters. The fourth-order valence-corrected chi connectivity index (χ4v) is 3.89. The van der Waals surface area contributed by atoms with Crippen LogP contribution in [0.2, 0.25) is 0 Å². The molecule has 0 aliphatic heterocycles. The van der Waals surface area contributed by atoms with Crippen molar-refractivity contribution in [1.82, 2.24) is 15.1 Å². The Morgan fingerprint density at radius 1 is 1.18 bits per heavy atom. The van der Waals surface area contributed by atoms with Gasteiger partial charge in [-0.15, -0.1) is 0 Å². The molecule has 0 radical (unpaired) electrons. The van der Waals surface area contributed by atoms with Gasteiger partial charge in [0.1, 0.15) is 18.2 Å². The average molecular weight is 526 g/mol. The van der Waals surface area contributed by atoms with Crippen LogP contribution in [0.25, 0.3) is 10.9 Å². The number of carbonyl (C=O) groups excluding carboxylic acids is 1. The standard InChI is InChI=1S/C24H22BBrFN3O4/c1-30(15-18-5-2-4-17-14-28-29-23(17)18)24(31)16-8-9-21(26)22(12-16)33-10-11-34-25(32)19-6-3-7-20(27)13-19/h2-9,12-14,32H,10-11,15H2,1H3,(H,28,29). The summed E-state index contributed by atoms with van der Waals surface area (Å²) >= 11 is 3.43. The molecule has 0 unspecified atom stereocenters. The summed E-state index contributed by atoms with van der Waals surface area (Å²) in [5, 5.41) is 18.1. The van der Waals surface area contributed by atoms with E-state index >= 15 is 0 Å². The Morgan fingerprint density at radius 3 is 2.82 bits per heavy atom. The number of amides is 1. The van der Waals surface area contributed by atoms with Crippen LogP contribution < -0.4 is 10.2 Å². The van der Waals surface area contributed by atoms with Crippen LogP contribution >= 0.6 is 15.9 Å². The van der Waals surface area contributed by atoms with Gasteiger partial charge in [-0.05, 0) is 57.3 Å². The third-order valence-electron chi connectivity index (χ3n) is 5.25. The van der Waals surface area contributed by atoms with Crippen molar-refractivity contribution in [3.05, 3.63) is 88.3 Å². The van der Waals surface area contributed by atoms with Crippen LogP contribution in [0.3, 0.4) is 0 Å². The van der Waals surface area contributed by atoms with Crippen LogP contribution in [0.15, 0.2) is 71.3 Å². The first-order valence-electron chi connectivity index (χ1n) is 10.6. The molecule has 7 nitrogen and oxygen atoms in total. The minimum Gasteiger partial charge on any atom is -0.490 e. The van der Waals surface area contributed by atoms with Crippen molar-refractivity contribution in [2.45, 2.75) is 6.54 Å². The van der Waals surface area contributed by atoms with Crippen molar-refractivity contribution in [3.8, 4) is 5.75 Å². The number of aromatic nitrogens is 2. The first-order valence-corrected chi connectivity index (χ1v) is 11.4. The number of hydrogen-bond acceptors (Lipinski definition) is 5. The fourth-order valence-electron chi connectivity index (χ4n) is 3.52. The topological polar surface area (TPSA) is 87.7 Å². The van der Waals surface area contributed by atoms with Gasteiger partial charge in [-0.3, -0.25) is 9.89 Å². The highest BCUT2D eigenvalue weighted by Gasteiger charge is 2.18. The van der Waals surface area contributed by atoms with Crippen molar-refractivity contribution in [1.29, 1.82) is 0 Å². The van der Waals surface area contributed by atoms with Gasteiger partial charge < -0.3 is 19.3 Å². The molecule has 1 amide bonds. The van der Waals surface area contributed by atoms with E-state index in [4.69, 9.17) is 9.39 Å². The van der Waals surface area contributed by atoms with E-state index in [1.54, 1.807) is 42.4 Å². The lowest BCUT2D eigenvalue weighted by molar-refractivity contribution is 0.0785. The van der Waals surface area contributed by atoms with Crippen LogP contribution in [0, 0.1) is 5.82 Å². The summed E-state index contributed by atoms with van der Waals surface area (Å²) in [4.78, 5) is 14.7. The van der Waals surface area contributed by atoms with Gasteiger partial charge in [-0.1, -0.05) is 30.3 Å². The maximum atomic E-state index is 13.3. The number of aromatic amines is 1. The number of nitrogens with one attached hydrogen (secondary N) is 1. The molecule has 1 aromatic heterocycles. The number of halogens is 2. The molecule has 0 saturated heterocycles. The summed E-state index contributed by atoms with van der Waals surface area (Å²) in [5.74, 6) is -0.140. The van der Waals surface area contributed by atoms with E-state index in [0.29, 0.717) is 27.8 Å². The zero-order valence-corrected chi connectivity index (χ0v) is 20.0. The molecule has 0 saturated carbocycles. The lowest BCUT2D eigenvalue weighted by atomic mass is 9.79. The summed E-state index contributed by atoms with van der Waals surface area (Å²) < 4.78 is 25.0. The van der Waals surface area contributed by atoms with Crippen molar-refractivity contribution in [3.63, 3.8) is 0 Å². The molecule has 4 rings (SSSR count). The molecule has 0 aliphatic carbocycles. The SMILES string of the molecule is CN(Cc1cccc2cn[nH]c12)C(=O)c1ccc(Br)c(OCCOB(O)c2cccc(F)c2)c1. The van der Waals surface area contributed by atoms with E-state index in [0.717, 1.165) is 16.5 Å². The van der Waals surface area contributed by atoms with Gasteiger partial charge in [0.2, 0.25) is 0 Å². The van der Waals surface area contributed by atoms with Crippen LogP contribution in [-0.2, 0) is 11.2 Å². The molecule has 1 heterocycles. The number of benzene rings is 3. The minimum absolute atomic E-state index is 0.0659. The monoisotopic (exact) mass is 525 g/mol. The quantitative estimate of drug-likeness (QED) is 0.258. The number of H-pyrrole nitrogens is 1. The molecule has 174 valence electrons. The Labute approximate surface area is 204 Å². The van der Waals surface area contributed by atoms with Gasteiger partial charge in [-0.2, -0.15) is 5.10 Å². The van der Waals surface area contributed by atoms with Crippen molar-refractivity contribution in [2.75, 3.05) is 20.3 Å². The van der Waals surface area contributed by atoms with Crippen LogP contribution in [-0.4, -0.2) is 53.4 Å². The third-order valence-corrected chi connectivity index (χ3v) is 5.90. The number of ether oxygens (including phenoxy) is 1. The van der Waals surface area contributed by atoms with Gasteiger partial charge in [0.05, 0.1) is 22.8 Å². The summed E-state index contributed by atoms with van der Waals surface area (Å²) in [6, 6.07) is 16.5. The third kappa shape index (κ3) is 5.64. The Hall–Kier alpha value is -3.21. The van der Waals surface area contributed by atoms with Crippen molar-refractivity contribution in [2.24, 2.45) is 0 Å². The smallest absolute Gasteiger partial charge is 0.490 e. The molecule has 0 aliphatic rings. The highest BCUT2D eigenvalue weighted by molar-refractivity contribution is 9.10. The molecule has 0 spiro atoms. The molecular weight excluding hydrogens is 504 g/mol. The molecule has 3 aromatic carbocycles. The van der Waals surface area contributed by atoms with Gasteiger partial charge in [0.15, 0.2) is 0 Å². The summed E-state index contributed by atoms with van der Waals surface area (Å²) in [6.45, 7) is 0.604. The van der Waals surface area contributed by atoms with Gasteiger partial charge >= 0.3 is 7.12 Å². The van der Waals surface area contributed by atoms with Gasteiger partial charge in [0, 0.05) is 24.5 Å².